The fourth-order valence-electron chi connectivity index (χ4n) is 2.67. The van der Waals surface area contributed by atoms with Crippen LogP contribution in [0.1, 0.15) is 20.9 Å². The van der Waals surface area contributed by atoms with E-state index in [9.17, 15) is 18.0 Å². The number of nitrogens with zero attached hydrogens (tertiary/aromatic N) is 1. The number of ether oxygens (including phenoxy) is 2. The molecule has 0 saturated carbocycles. The topological polar surface area (TPSA) is 60.5 Å². The average Bonchev–Trinajstić information content (AvgIpc) is 3.10. The van der Waals surface area contributed by atoms with Gasteiger partial charge in [-0.25, -0.2) is 4.98 Å². The highest BCUT2D eigenvalue weighted by molar-refractivity contribution is 7.17. The number of aromatic nitrogens is 1. The van der Waals surface area contributed by atoms with Gasteiger partial charge in [0.2, 0.25) is 0 Å². The van der Waals surface area contributed by atoms with E-state index in [4.69, 9.17) is 21.1 Å². The van der Waals surface area contributed by atoms with Gasteiger partial charge in [-0.2, -0.15) is 13.2 Å². The number of benzene rings is 2. The van der Waals surface area contributed by atoms with Crippen molar-refractivity contribution in [1.82, 2.24) is 4.98 Å². The zero-order valence-electron chi connectivity index (χ0n) is 16.1. The Bertz CT molecular complexity index is 1080. The van der Waals surface area contributed by atoms with Gasteiger partial charge in [0.1, 0.15) is 21.4 Å². The quantitative estimate of drug-likeness (QED) is 0.507. The molecule has 1 amide bonds. The first-order valence-corrected chi connectivity index (χ1v) is 9.71. The van der Waals surface area contributed by atoms with Crippen molar-refractivity contribution < 1.29 is 27.4 Å². The van der Waals surface area contributed by atoms with Gasteiger partial charge in [-0.1, -0.05) is 23.7 Å². The van der Waals surface area contributed by atoms with Gasteiger partial charge in [0, 0.05) is 17.7 Å². The zero-order valence-corrected chi connectivity index (χ0v) is 17.6. The summed E-state index contributed by atoms with van der Waals surface area (Å²) in [6, 6.07) is 7.68. The lowest BCUT2D eigenvalue weighted by atomic mass is 10.1. The molecule has 0 spiro atoms. The molecular weight excluding hydrogens is 441 g/mol. The van der Waals surface area contributed by atoms with Gasteiger partial charge in [-0.15, -0.1) is 11.3 Å². The summed E-state index contributed by atoms with van der Waals surface area (Å²) in [5.74, 6) is 0.268. The summed E-state index contributed by atoms with van der Waals surface area (Å²) < 4.78 is 48.7. The first-order valence-electron chi connectivity index (χ1n) is 8.52. The van der Waals surface area contributed by atoms with E-state index in [1.54, 1.807) is 6.92 Å². The van der Waals surface area contributed by atoms with Gasteiger partial charge in [-0.3, -0.25) is 4.79 Å². The number of nitrogens with one attached hydrogen (secondary N) is 1. The van der Waals surface area contributed by atoms with Crippen molar-refractivity contribution in [3.8, 4) is 22.1 Å². The summed E-state index contributed by atoms with van der Waals surface area (Å²) in [5.41, 5.74) is 0.544. The normalized spacial score (nSPS) is 11.3. The number of halogens is 4. The fourth-order valence-corrected chi connectivity index (χ4v) is 3.87. The van der Waals surface area contributed by atoms with Crippen molar-refractivity contribution in [1.29, 1.82) is 0 Å². The molecule has 0 aliphatic heterocycles. The highest BCUT2D eigenvalue weighted by atomic mass is 35.5. The molecule has 0 aliphatic carbocycles. The van der Waals surface area contributed by atoms with Crippen molar-refractivity contribution in [2.24, 2.45) is 0 Å². The van der Waals surface area contributed by atoms with Crippen LogP contribution in [0.2, 0.25) is 5.02 Å². The van der Waals surface area contributed by atoms with Crippen LogP contribution in [0.15, 0.2) is 36.4 Å². The van der Waals surface area contributed by atoms with Gasteiger partial charge in [0.15, 0.2) is 0 Å². The SMILES string of the molecule is COc1cc(NC(=O)c2sc(-c3ccc(C(F)(F)F)cc3)nc2C)c(OC)cc1Cl. The van der Waals surface area contributed by atoms with Crippen molar-refractivity contribution in [2.75, 3.05) is 19.5 Å². The van der Waals surface area contributed by atoms with Crippen molar-refractivity contribution in [3.63, 3.8) is 0 Å². The molecule has 10 heteroatoms. The third-order valence-corrected chi connectivity index (χ3v) is 5.68. The number of hydrogen-bond acceptors (Lipinski definition) is 5. The minimum absolute atomic E-state index is 0.320. The Morgan fingerprint density at radius 3 is 2.30 bits per heavy atom. The molecule has 30 heavy (non-hydrogen) atoms. The molecule has 0 saturated heterocycles. The van der Waals surface area contributed by atoms with Gasteiger partial charge in [0.05, 0.1) is 36.2 Å². The number of carbonyl (C=O) groups is 1. The first kappa shape index (κ1) is 21.9. The van der Waals surface area contributed by atoms with Gasteiger partial charge in [0.25, 0.3) is 5.91 Å². The molecule has 1 heterocycles. The summed E-state index contributed by atoms with van der Waals surface area (Å²) in [7, 11) is 2.89. The van der Waals surface area contributed by atoms with Crippen LogP contribution >= 0.6 is 22.9 Å². The molecule has 2 aromatic carbocycles. The maximum absolute atomic E-state index is 12.8. The smallest absolute Gasteiger partial charge is 0.416 e. The number of thiazole rings is 1. The predicted octanol–water partition coefficient (Wildman–Crippen LogP) is 6.06. The van der Waals surface area contributed by atoms with Crippen LogP contribution in [0.4, 0.5) is 18.9 Å². The molecule has 5 nitrogen and oxygen atoms in total. The van der Waals surface area contributed by atoms with Gasteiger partial charge < -0.3 is 14.8 Å². The Morgan fingerprint density at radius 2 is 1.73 bits per heavy atom. The number of rotatable bonds is 5. The Labute approximate surface area is 179 Å². The summed E-state index contributed by atoms with van der Waals surface area (Å²) in [6.07, 6.45) is -4.42. The Hall–Kier alpha value is -2.78. The maximum Gasteiger partial charge on any atom is 0.416 e. The molecule has 158 valence electrons. The van der Waals surface area contributed by atoms with Crippen LogP contribution in [0, 0.1) is 6.92 Å². The van der Waals surface area contributed by atoms with Gasteiger partial charge >= 0.3 is 6.18 Å². The molecule has 1 aromatic heterocycles. The number of amides is 1. The molecule has 3 aromatic rings. The summed E-state index contributed by atoms with van der Waals surface area (Å²) in [6.45, 7) is 1.65. The van der Waals surface area contributed by atoms with E-state index in [1.165, 1.54) is 38.5 Å². The summed E-state index contributed by atoms with van der Waals surface area (Å²) in [4.78, 5) is 17.4. The standard InChI is InChI=1S/C20H16ClF3N2O3S/c1-10-17(18(27)26-14-9-15(28-2)13(21)8-16(14)29-3)30-19(25-10)11-4-6-12(7-5-11)20(22,23)24/h4-9H,1-3H3,(H,26,27). The fraction of sp³-hybridized carbons (Fsp3) is 0.200. The zero-order chi connectivity index (χ0) is 22.1. The summed E-state index contributed by atoms with van der Waals surface area (Å²) in [5, 5.41) is 3.50. The second-order valence-electron chi connectivity index (χ2n) is 6.15. The minimum atomic E-state index is -4.42. The van der Waals surface area contributed by atoms with Crippen LogP contribution in [0.3, 0.4) is 0 Å². The van der Waals surface area contributed by atoms with Gasteiger partial charge in [-0.05, 0) is 19.1 Å². The van der Waals surface area contributed by atoms with E-state index in [2.05, 4.69) is 10.3 Å². The van der Waals surface area contributed by atoms with Crippen LogP contribution < -0.4 is 14.8 Å². The molecule has 0 bridgehead atoms. The molecule has 1 N–H and O–H groups in total. The monoisotopic (exact) mass is 456 g/mol. The van der Waals surface area contributed by atoms with E-state index in [0.29, 0.717) is 43.4 Å². The lowest BCUT2D eigenvalue weighted by molar-refractivity contribution is -0.137. The third-order valence-electron chi connectivity index (χ3n) is 4.18. The second kappa shape index (κ2) is 8.53. The van der Waals surface area contributed by atoms with E-state index in [1.807, 2.05) is 0 Å². The van der Waals surface area contributed by atoms with Crippen LogP contribution in [-0.4, -0.2) is 25.1 Å². The van der Waals surface area contributed by atoms with Crippen molar-refractivity contribution in [3.05, 3.63) is 57.6 Å². The number of aryl methyl sites for hydroxylation is 1. The van der Waals surface area contributed by atoms with E-state index >= 15 is 0 Å². The van der Waals surface area contributed by atoms with Crippen LogP contribution in [0.5, 0.6) is 11.5 Å². The van der Waals surface area contributed by atoms with Crippen molar-refractivity contribution in [2.45, 2.75) is 13.1 Å². The number of anilines is 1. The van der Waals surface area contributed by atoms with E-state index in [-0.39, 0.29) is 0 Å². The first-order chi connectivity index (χ1) is 14.1. The molecular formula is C20H16ClF3N2O3S. The van der Waals surface area contributed by atoms with Crippen LogP contribution in [-0.2, 0) is 6.18 Å². The minimum Gasteiger partial charge on any atom is -0.495 e. The molecule has 3 rings (SSSR count). The molecule has 0 atom stereocenters. The van der Waals surface area contributed by atoms with Crippen molar-refractivity contribution >= 4 is 34.5 Å². The maximum atomic E-state index is 12.8. The predicted molar refractivity (Wildman–Crippen MR) is 110 cm³/mol. The Morgan fingerprint density at radius 1 is 1.10 bits per heavy atom. The molecule has 0 aliphatic rings. The second-order valence-corrected chi connectivity index (χ2v) is 7.56. The van der Waals surface area contributed by atoms with Crippen LogP contribution in [0.25, 0.3) is 10.6 Å². The highest BCUT2D eigenvalue weighted by Crippen LogP contribution is 2.37. The van der Waals surface area contributed by atoms with E-state index < -0.39 is 17.6 Å². The number of carbonyl (C=O) groups excluding carboxylic acids is 1. The molecule has 0 fully saturated rings. The lowest BCUT2D eigenvalue weighted by Crippen LogP contribution is -2.12. The average molecular weight is 457 g/mol. The largest absolute Gasteiger partial charge is 0.495 e. The molecule has 0 radical (unpaired) electrons. The third kappa shape index (κ3) is 4.52. The Balaban J connectivity index is 1.88. The number of alkyl halides is 3. The van der Waals surface area contributed by atoms with E-state index in [0.717, 1.165) is 23.5 Å². The highest BCUT2D eigenvalue weighted by Gasteiger charge is 2.30. The molecule has 0 unspecified atom stereocenters. The number of methoxy groups -OCH3 is 2. The number of hydrogen-bond donors (Lipinski definition) is 1. The lowest BCUT2D eigenvalue weighted by Gasteiger charge is -2.12. The Kier molecular flexibility index (Phi) is 6.23. The summed E-state index contributed by atoms with van der Waals surface area (Å²) >= 11 is 7.15.